The Morgan fingerprint density at radius 1 is 1.09 bits per heavy atom. The van der Waals surface area contributed by atoms with E-state index in [0.717, 1.165) is 49.7 Å². The Morgan fingerprint density at radius 2 is 1.81 bits per heavy atom. The first-order chi connectivity index (χ1) is 15.5. The number of nitrogens with zero attached hydrogens (tertiary/aromatic N) is 2. The minimum Gasteiger partial charge on any atom is -0.351 e. The maximum Gasteiger partial charge on any atom is 0.262 e. The summed E-state index contributed by atoms with van der Waals surface area (Å²) >= 11 is 1.43. The number of amides is 2. The maximum atomic E-state index is 12.6. The third-order valence-electron chi connectivity index (χ3n) is 5.93. The molecule has 0 aromatic heterocycles. The van der Waals surface area contributed by atoms with Crippen molar-refractivity contribution >= 4 is 35.3 Å². The van der Waals surface area contributed by atoms with Crippen LogP contribution in [0.15, 0.2) is 52.3 Å². The molecule has 0 aliphatic carbocycles. The molecule has 1 fully saturated rings. The molecule has 2 aromatic rings. The Hall–Kier alpha value is -2.61. The molecule has 32 heavy (non-hydrogen) atoms. The molecule has 2 heterocycles. The number of anilines is 1. The lowest BCUT2D eigenvalue weighted by molar-refractivity contribution is -0.112. The predicted molar refractivity (Wildman–Crippen MR) is 131 cm³/mol. The Morgan fingerprint density at radius 3 is 2.53 bits per heavy atom. The van der Waals surface area contributed by atoms with Crippen LogP contribution in [-0.2, 0) is 4.79 Å². The van der Waals surface area contributed by atoms with Crippen LogP contribution in [0.5, 0.6) is 0 Å². The van der Waals surface area contributed by atoms with Gasteiger partial charge < -0.3 is 15.5 Å². The van der Waals surface area contributed by atoms with Crippen LogP contribution in [0.25, 0.3) is 6.08 Å². The van der Waals surface area contributed by atoms with Crippen molar-refractivity contribution in [3.05, 3.63) is 64.1 Å². The summed E-state index contributed by atoms with van der Waals surface area (Å²) in [4.78, 5) is 31.6. The first kappa shape index (κ1) is 22.6. The quantitative estimate of drug-likeness (QED) is 0.660. The van der Waals surface area contributed by atoms with Gasteiger partial charge in [-0.15, -0.1) is 0 Å². The molecule has 2 N–H and O–H groups in total. The second kappa shape index (κ2) is 10.3. The molecule has 1 saturated heterocycles. The molecule has 4 rings (SSSR count). The number of thioether (sulfide) groups is 1. The van der Waals surface area contributed by atoms with E-state index in [-0.39, 0.29) is 11.8 Å². The topological polar surface area (TPSA) is 64.7 Å². The average molecular weight is 451 g/mol. The number of hydrogen-bond donors (Lipinski definition) is 2. The molecule has 0 saturated carbocycles. The van der Waals surface area contributed by atoms with Gasteiger partial charge in [-0.05, 0) is 43.3 Å². The number of carbonyl (C=O) groups excluding carboxylic acids is 2. The normalized spacial score (nSPS) is 18.3. The van der Waals surface area contributed by atoms with Crippen molar-refractivity contribution in [3.63, 3.8) is 0 Å². The number of hydrogen-bond acceptors (Lipinski definition) is 5. The number of nitrogens with one attached hydrogen (secondary N) is 2. The molecule has 2 aromatic carbocycles. The van der Waals surface area contributed by atoms with E-state index in [4.69, 9.17) is 0 Å². The number of benzene rings is 2. The summed E-state index contributed by atoms with van der Waals surface area (Å²) in [5.41, 5.74) is 3.42. The summed E-state index contributed by atoms with van der Waals surface area (Å²) in [5, 5.41) is 5.94. The van der Waals surface area contributed by atoms with E-state index in [0.29, 0.717) is 22.7 Å². The highest BCUT2D eigenvalue weighted by Gasteiger charge is 2.22. The Kier molecular flexibility index (Phi) is 7.29. The molecule has 0 bridgehead atoms. The van der Waals surface area contributed by atoms with Gasteiger partial charge in [-0.2, -0.15) is 0 Å². The van der Waals surface area contributed by atoms with Gasteiger partial charge in [0.15, 0.2) is 0 Å². The highest BCUT2D eigenvalue weighted by atomic mass is 32.2. The lowest BCUT2D eigenvalue weighted by Crippen LogP contribution is -2.48. The van der Waals surface area contributed by atoms with Crippen molar-refractivity contribution in [2.45, 2.75) is 18.7 Å². The first-order valence-electron chi connectivity index (χ1n) is 11.2. The highest BCUT2D eigenvalue weighted by Crippen LogP contribution is 2.39. The predicted octanol–water partition coefficient (Wildman–Crippen LogP) is 3.45. The van der Waals surface area contributed by atoms with Crippen LogP contribution < -0.4 is 10.6 Å². The smallest absolute Gasteiger partial charge is 0.262 e. The number of aryl methyl sites for hydroxylation is 1. The van der Waals surface area contributed by atoms with Crippen LogP contribution >= 0.6 is 11.8 Å². The van der Waals surface area contributed by atoms with Gasteiger partial charge in [0.1, 0.15) is 0 Å². The number of rotatable bonds is 6. The largest absolute Gasteiger partial charge is 0.351 e. The Balaban J connectivity index is 1.34. The SMILES string of the molecule is CCN1CCN(CCNC(=O)c2ccc3c(c2)NC(=O)/C(=C\c2ccc(C)cc2)S3)CC1. The summed E-state index contributed by atoms with van der Waals surface area (Å²) in [6, 6.07) is 13.6. The summed E-state index contributed by atoms with van der Waals surface area (Å²) in [6.07, 6.45) is 1.89. The zero-order valence-corrected chi connectivity index (χ0v) is 19.5. The molecular weight excluding hydrogens is 420 g/mol. The monoisotopic (exact) mass is 450 g/mol. The number of likely N-dealkylation sites (N-methyl/N-ethyl adjacent to an activating group) is 1. The van der Waals surface area contributed by atoms with Gasteiger partial charge in [0.25, 0.3) is 11.8 Å². The fourth-order valence-corrected chi connectivity index (χ4v) is 4.81. The van der Waals surface area contributed by atoms with Crippen LogP contribution in [0.2, 0.25) is 0 Å². The molecule has 0 spiro atoms. The molecule has 0 atom stereocenters. The van der Waals surface area contributed by atoms with Gasteiger partial charge >= 0.3 is 0 Å². The summed E-state index contributed by atoms with van der Waals surface area (Å²) < 4.78 is 0. The second-order valence-electron chi connectivity index (χ2n) is 8.22. The molecule has 168 valence electrons. The lowest BCUT2D eigenvalue weighted by Gasteiger charge is -2.33. The fourth-order valence-electron chi connectivity index (χ4n) is 3.87. The van der Waals surface area contributed by atoms with Gasteiger partial charge in [-0.1, -0.05) is 48.5 Å². The molecule has 0 unspecified atom stereocenters. The summed E-state index contributed by atoms with van der Waals surface area (Å²) in [6.45, 7) is 11.1. The fraction of sp³-hybridized carbons (Fsp3) is 0.360. The Bertz CT molecular complexity index is 1010. The zero-order chi connectivity index (χ0) is 22.5. The lowest BCUT2D eigenvalue weighted by atomic mass is 10.1. The molecule has 2 aliphatic rings. The molecule has 0 radical (unpaired) electrons. The minimum absolute atomic E-state index is 0.111. The third kappa shape index (κ3) is 5.59. The standard InChI is InChI=1S/C25H30N4O2S/c1-3-28-12-14-29(15-13-28)11-10-26-24(30)20-8-9-22-21(17-20)27-25(31)23(32-22)16-19-6-4-18(2)5-7-19/h4-9,16-17H,3,10-15H2,1-2H3,(H,26,30)(H,27,31)/b23-16+. The van der Waals surface area contributed by atoms with E-state index >= 15 is 0 Å². The first-order valence-corrected chi connectivity index (χ1v) is 12.0. The highest BCUT2D eigenvalue weighted by molar-refractivity contribution is 8.04. The van der Waals surface area contributed by atoms with Crippen LogP contribution in [0, 0.1) is 6.92 Å². The zero-order valence-electron chi connectivity index (χ0n) is 18.7. The van der Waals surface area contributed by atoms with Gasteiger partial charge in [0.2, 0.25) is 0 Å². The van der Waals surface area contributed by atoms with E-state index in [2.05, 4.69) is 27.4 Å². The van der Waals surface area contributed by atoms with Gasteiger partial charge in [0.05, 0.1) is 10.6 Å². The molecule has 7 heteroatoms. The van der Waals surface area contributed by atoms with Gasteiger partial charge in [-0.3, -0.25) is 14.5 Å². The minimum atomic E-state index is -0.146. The average Bonchev–Trinajstić information content (AvgIpc) is 2.81. The maximum absolute atomic E-state index is 12.6. The number of piperazine rings is 1. The number of fused-ring (bicyclic) bond motifs is 1. The Labute approximate surface area is 194 Å². The van der Waals surface area contributed by atoms with Crippen molar-refractivity contribution in [2.75, 3.05) is 51.1 Å². The van der Waals surface area contributed by atoms with Crippen LogP contribution in [0.1, 0.15) is 28.4 Å². The van der Waals surface area contributed by atoms with Crippen molar-refractivity contribution in [2.24, 2.45) is 0 Å². The molecule has 2 amide bonds. The third-order valence-corrected chi connectivity index (χ3v) is 7.03. The van der Waals surface area contributed by atoms with E-state index in [1.165, 1.54) is 17.3 Å². The summed E-state index contributed by atoms with van der Waals surface area (Å²) in [5.74, 6) is -0.257. The van der Waals surface area contributed by atoms with Crippen molar-refractivity contribution < 1.29 is 9.59 Å². The van der Waals surface area contributed by atoms with Gasteiger partial charge in [-0.25, -0.2) is 0 Å². The number of carbonyl (C=O) groups is 2. The van der Waals surface area contributed by atoms with E-state index in [1.807, 2.05) is 49.4 Å². The van der Waals surface area contributed by atoms with Gasteiger partial charge in [0, 0.05) is 49.7 Å². The molecule has 6 nitrogen and oxygen atoms in total. The van der Waals surface area contributed by atoms with Crippen LogP contribution in [-0.4, -0.2) is 67.4 Å². The van der Waals surface area contributed by atoms with Crippen molar-refractivity contribution in [1.82, 2.24) is 15.1 Å². The summed E-state index contributed by atoms with van der Waals surface area (Å²) in [7, 11) is 0. The molecule has 2 aliphatic heterocycles. The van der Waals surface area contributed by atoms with Crippen molar-refractivity contribution in [1.29, 1.82) is 0 Å². The van der Waals surface area contributed by atoms with E-state index < -0.39 is 0 Å². The van der Waals surface area contributed by atoms with E-state index in [9.17, 15) is 9.59 Å². The van der Waals surface area contributed by atoms with Crippen LogP contribution in [0.4, 0.5) is 5.69 Å². The van der Waals surface area contributed by atoms with Crippen molar-refractivity contribution in [3.8, 4) is 0 Å². The molecular formula is C25H30N4O2S. The van der Waals surface area contributed by atoms with E-state index in [1.54, 1.807) is 6.07 Å². The van der Waals surface area contributed by atoms with Crippen LogP contribution in [0.3, 0.4) is 0 Å². The second-order valence-corrected chi connectivity index (χ2v) is 9.30.